The molecule has 0 radical (unpaired) electrons. The molecule has 94 valence electrons. The number of pyridine rings is 1. The first-order chi connectivity index (χ1) is 8.15. The molecule has 2 heterocycles. The second kappa shape index (κ2) is 5.21. The zero-order chi connectivity index (χ0) is 12.4. The zero-order valence-corrected chi connectivity index (χ0v) is 11.0. The van der Waals surface area contributed by atoms with Gasteiger partial charge in [-0.2, -0.15) is 0 Å². The predicted molar refractivity (Wildman–Crippen MR) is 69.0 cm³/mol. The van der Waals surface area contributed by atoms with Crippen molar-refractivity contribution in [1.82, 2.24) is 4.98 Å². The fraction of sp³-hybridized carbons (Fsp3) is 0.615. The lowest BCUT2D eigenvalue weighted by molar-refractivity contribution is 0.358. The van der Waals surface area contributed by atoms with Gasteiger partial charge in [-0.05, 0) is 31.7 Å². The van der Waals surface area contributed by atoms with E-state index in [-0.39, 0.29) is 11.7 Å². The Labute approximate surface area is 107 Å². The molecule has 0 aromatic carbocycles. The summed E-state index contributed by atoms with van der Waals surface area (Å²) < 4.78 is 14.2. The van der Waals surface area contributed by atoms with Gasteiger partial charge in [-0.15, -0.1) is 11.6 Å². The molecular formula is C13H18ClFN2. The standard InChI is InChI=1S/C13H18ClFN2/c1-9-4-3-7-17(10(9)2)13-12(15)11(8-14)5-6-16-13/h5-6,9-10H,3-4,7-8H2,1-2H3. The van der Waals surface area contributed by atoms with Gasteiger partial charge in [0.25, 0.3) is 0 Å². The van der Waals surface area contributed by atoms with Crippen LogP contribution < -0.4 is 4.90 Å². The summed E-state index contributed by atoms with van der Waals surface area (Å²) in [5.74, 6) is 0.967. The first kappa shape index (κ1) is 12.6. The van der Waals surface area contributed by atoms with Crippen LogP contribution in [-0.4, -0.2) is 17.6 Å². The van der Waals surface area contributed by atoms with Crippen LogP contribution in [0.5, 0.6) is 0 Å². The van der Waals surface area contributed by atoms with Crippen LogP contribution in [0.1, 0.15) is 32.3 Å². The van der Waals surface area contributed by atoms with Gasteiger partial charge >= 0.3 is 0 Å². The third-order valence-corrected chi connectivity index (χ3v) is 4.03. The number of hydrogen-bond donors (Lipinski definition) is 0. The third-order valence-electron chi connectivity index (χ3n) is 3.74. The molecule has 0 N–H and O–H groups in total. The summed E-state index contributed by atoms with van der Waals surface area (Å²) in [4.78, 5) is 6.26. The first-order valence-electron chi connectivity index (χ1n) is 6.11. The number of hydrogen-bond acceptors (Lipinski definition) is 2. The van der Waals surface area contributed by atoms with Crippen molar-refractivity contribution in [2.24, 2.45) is 5.92 Å². The monoisotopic (exact) mass is 256 g/mol. The van der Waals surface area contributed by atoms with Crippen LogP contribution in [0.4, 0.5) is 10.2 Å². The van der Waals surface area contributed by atoms with E-state index in [1.807, 2.05) is 0 Å². The van der Waals surface area contributed by atoms with Crippen LogP contribution >= 0.6 is 11.6 Å². The molecule has 0 spiro atoms. The summed E-state index contributed by atoms with van der Waals surface area (Å²) in [7, 11) is 0. The number of piperidine rings is 1. The van der Waals surface area contributed by atoms with Gasteiger partial charge in [0.1, 0.15) is 0 Å². The Morgan fingerprint density at radius 3 is 3.00 bits per heavy atom. The summed E-state index contributed by atoms with van der Waals surface area (Å²) in [6.07, 6.45) is 3.94. The van der Waals surface area contributed by atoms with E-state index in [4.69, 9.17) is 11.6 Å². The summed E-state index contributed by atoms with van der Waals surface area (Å²) in [6.45, 7) is 5.22. The number of halogens is 2. The number of rotatable bonds is 2. The Balaban J connectivity index is 2.33. The zero-order valence-electron chi connectivity index (χ0n) is 10.3. The van der Waals surface area contributed by atoms with Gasteiger partial charge in [0.15, 0.2) is 11.6 Å². The summed E-state index contributed by atoms with van der Waals surface area (Å²) in [6, 6.07) is 1.97. The van der Waals surface area contributed by atoms with Crippen molar-refractivity contribution in [2.45, 2.75) is 38.6 Å². The van der Waals surface area contributed by atoms with Crippen molar-refractivity contribution >= 4 is 17.4 Å². The average Bonchev–Trinajstić information content (AvgIpc) is 2.33. The van der Waals surface area contributed by atoms with E-state index in [0.717, 1.165) is 13.0 Å². The van der Waals surface area contributed by atoms with Crippen LogP contribution in [0.15, 0.2) is 12.3 Å². The molecule has 1 aliphatic heterocycles. The van der Waals surface area contributed by atoms with Gasteiger partial charge in [0.05, 0.1) is 5.88 Å². The van der Waals surface area contributed by atoms with Crippen molar-refractivity contribution in [3.05, 3.63) is 23.6 Å². The molecule has 1 aromatic heterocycles. The van der Waals surface area contributed by atoms with E-state index in [9.17, 15) is 4.39 Å². The molecule has 0 saturated carbocycles. The second-order valence-corrected chi connectivity index (χ2v) is 5.06. The summed E-state index contributed by atoms with van der Waals surface area (Å²) in [5, 5.41) is 0. The highest BCUT2D eigenvalue weighted by molar-refractivity contribution is 6.17. The first-order valence-corrected chi connectivity index (χ1v) is 6.64. The van der Waals surface area contributed by atoms with Crippen LogP contribution in [0.2, 0.25) is 0 Å². The molecule has 1 aliphatic rings. The number of aromatic nitrogens is 1. The quantitative estimate of drug-likeness (QED) is 0.752. The largest absolute Gasteiger partial charge is 0.351 e. The molecule has 1 fully saturated rings. The maximum Gasteiger partial charge on any atom is 0.170 e. The van der Waals surface area contributed by atoms with E-state index in [1.165, 1.54) is 6.42 Å². The summed E-state index contributed by atoms with van der Waals surface area (Å²) >= 11 is 5.72. The minimum Gasteiger partial charge on any atom is -0.351 e. The number of nitrogens with zero attached hydrogens (tertiary/aromatic N) is 2. The highest BCUT2D eigenvalue weighted by Crippen LogP contribution is 2.29. The highest BCUT2D eigenvalue weighted by Gasteiger charge is 2.28. The Hall–Kier alpha value is -0.830. The highest BCUT2D eigenvalue weighted by atomic mass is 35.5. The fourth-order valence-electron chi connectivity index (χ4n) is 2.41. The molecule has 2 atom stereocenters. The van der Waals surface area contributed by atoms with E-state index in [1.54, 1.807) is 12.3 Å². The van der Waals surface area contributed by atoms with Gasteiger partial charge in [-0.25, -0.2) is 9.37 Å². The summed E-state index contributed by atoms with van der Waals surface area (Å²) in [5.41, 5.74) is 0.530. The molecule has 0 aliphatic carbocycles. The van der Waals surface area contributed by atoms with Crippen LogP contribution in [0, 0.1) is 11.7 Å². The van der Waals surface area contributed by atoms with E-state index >= 15 is 0 Å². The Morgan fingerprint density at radius 1 is 1.53 bits per heavy atom. The van der Waals surface area contributed by atoms with E-state index in [2.05, 4.69) is 23.7 Å². The van der Waals surface area contributed by atoms with Crippen molar-refractivity contribution in [3.63, 3.8) is 0 Å². The molecular weight excluding hydrogens is 239 g/mol. The maximum absolute atomic E-state index is 14.2. The van der Waals surface area contributed by atoms with E-state index < -0.39 is 0 Å². The van der Waals surface area contributed by atoms with Crippen molar-refractivity contribution in [1.29, 1.82) is 0 Å². The molecule has 0 amide bonds. The maximum atomic E-state index is 14.2. The third kappa shape index (κ3) is 2.39. The van der Waals surface area contributed by atoms with Crippen LogP contribution in [-0.2, 0) is 5.88 Å². The van der Waals surface area contributed by atoms with Gasteiger partial charge in [-0.3, -0.25) is 0 Å². The Kier molecular flexibility index (Phi) is 3.87. The number of anilines is 1. The topological polar surface area (TPSA) is 16.1 Å². The fourth-order valence-corrected chi connectivity index (χ4v) is 2.62. The molecule has 2 unspecified atom stereocenters. The van der Waals surface area contributed by atoms with E-state index in [0.29, 0.717) is 23.3 Å². The molecule has 2 nitrogen and oxygen atoms in total. The Morgan fingerprint density at radius 2 is 2.29 bits per heavy atom. The van der Waals surface area contributed by atoms with Crippen molar-refractivity contribution in [3.8, 4) is 0 Å². The van der Waals surface area contributed by atoms with Gasteiger partial charge < -0.3 is 4.90 Å². The normalized spacial score (nSPS) is 25.1. The lowest BCUT2D eigenvalue weighted by Crippen LogP contribution is -2.43. The Bertz CT molecular complexity index is 397. The smallest absolute Gasteiger partial charge is 0.170 e. The van der Waals surface area contributed by atoms with Gasteiger partial charge in [0.2, 0.25) is 0 Å². The van der Waals surface area contributed by atoms with Crippen LogP contribution in [0.25, 0.3) is 0 Å². The molecule has 17 heavy (non-hydrogen) atoms. The van der Waals surface area contributed by atoms with Crippen molar-refractivity contribution < 1.29 is 4.39 Å². The molecule has 2 rings (SSSR count). The molecule has 1 saturated heterocycles. The van der Waals surface area contributed by atoms with Gasteiger partial charge in [-0.1, -0.05) is 6.92 Å². The lowest BCUT2D eigenvalue weighted by atomic mass is 9.92. The van der Waals surface area contributed by atoms with Crippen LogP contribution in [0.3, 0.4) is 0 Å². The second-order valence-electron chi connectivity index (χ2n) is 4.79. The van der Waals surface area contributed by atoms with Gasteiger partial charge in [0, 0.05) is 24.3 Å². The average molecular weight is 257 g/mol. The predicted octanol–water partition coefficient (Wildman–Crippen LogP) is 3.58. The molecule has 0 bridgehead atoms. The number of alkyl halides is 1. The SMILES string of the molecule is CC1CCCN(c2nccc(CCl)c2F)C1C. The molecule has 4 heteroatoms. The molecule has 1 aromatic rings. The minimum atomic E-state index is -0.261. The minimum absolute atomic E-state index is 0.194. The lowest BCUT2D eigenvalue weighted by Gasteiger charge is -2.39. The van der Waals surface area contributed by atoms with Crippen molar-refractivity contribution in [2.75, 3.05) is 11.4 Å².